The second-order valence-electron chi connectivity index (χ2n) is 5.83. The van der Waals surface area contributed by atoms with Gasteiger partial charge in [-0.25, -0.2) is 13.1 Å². The lowest BCUT2D eigenvalue weighted by Gasteiger charge is -2.08. The Labute approximate surface area is 148 Å². The van der Waals surface area contributed by atoms with E-state index in [2.05, 4.69) is 27.6 Å². The quantitative estimate of drug-likeness (QED) is 0.706. The number of nitrogens with zero attached hydrogens (tertiary/aromatic N) is 1. The molecule has 1 N–H and O–H groups in total. The number of nitrogens with one attached hydrogen (secondary N) is 1. The van der Waals surface area contributed by atoms with Gasteiger partial charge in [0.15, 0.2) is 0 Å². The molecule has 0 atom stereocenters. The average molecular weight is 358 g/mol. The second kappa shape index (κ2) is 7.29. The number of hydrogen-bond acceptors (Lipinski definition) is 3. The third-order valence-corrected chi connectivity index (χ3v) is 5.59. The Morgan fingerprint density at radius 1 is 1.08 bits per heavy atom. The fourth-order valence-corrected chi connectivity index (χ4v) is 3.94. The van der Waals surface area contributed by atoms with Crippen molar-refractivity contribution in [1.29, 1.82) is 0 Å². The normalized spacial score (nSPS) is 11.8. The van der Waals surface area contributed by atoms with E-state index in [-0.39, 0.29) is 4.90 Å². The third-order valence-electron chi connectivity index (χ3n) is 4.11. The van der Waals surface area contributed by atoms with E-state index in [1.165, 1.54) is 0 Å². The van der Waals surface area contributed by atoms with Gasteiger partial charge < -0.3 is 9.30 Å². The van der Waals surface area contributed by atoms with Gasteiger partial charge in [0.1, 0.15) is 5.75 Å². The Bertz CT molecular complexity index is 960. The fraction of sp³-hybridized carbons (Fsp3) is 0.263. The summed E-state index contributed by atoms with van der Waals surface area (Å²) in [7, 11) is -1.52. The van der Waals surface area contributed by atoms with Crippen LogP contribution in [0.4, 0.5) is 0 Å². The minimum absolute atomic E-state index is 0.244. The summed E-state index contributed by atoms with van der Waals surface area (Å²) in [4.78, 5) is 0.244. The minimum atomic E-state index is -3.52. The fourth-order valence-electron chi connectivity index (χ4n) is 2.91. The van der Waals surface area contributed by atoms with Crippen molar-refractivity contribution < 1.29 is 13.2 Å². The van der Waals surface area contributed by atoms with Crippen molar-refractivity contribution in [2.75, 3.05) is 13.2 Å². The van der Waals surface area contributed by atoms with E-state index < -0.39 is 10.0 Å². The molecular weight excluding hydrogens is 336 g/mol. The van der Waals surface area contributed by atoms with Crippen LogP contribution >= 0.6 is 0 Å². The van der Waals surface area contributed by atoms with Crippen LogP contribution in [0.2, 0.25) is 0 Å². The maximum atomic E-state index is 12.4. The minimum Gasteiger partial charge on any atom is -0.494 e. The summed E-state index contributed by atoms with van der Waals surface area (Å²) < 4.78 is 34.9. The standard InChI is InChI=1S/C19H22N2O3S/c1-3-24-16-8-10-17(11-9-16)25(22,23)20-13-12-15-14-21(2)19-7-5-4-6-18(15)19/h4-11,14,20H,3,12-13H2,1-2H3. The zero-order valence-electron chi connectivity index (χ0n) is 14.4. The first kappa shape index (κ1) is 17.5. The van der Waals surface area contributed by atoms with Gasteiger partial charge >= 0.3 is 0 Å². The van der Waals surface area contributed by atoms with Crippen LogP contribution in [-0.4, -0.2) is 26.1 Å². The van der Waals surface area contributed by atoms with E-state index in [9.17, 15) is 8.42 Å². The first-order valence-electron chi connectivity index (χ1n) is 8.27. The zero-order valence-corrected chi connectivity index (χ0v) is 15.2. The van der Waals surface area contributed by atoms with E-state index in [1.807, 2.05) is 26.1 Å². The molecule has 6 heteroatoms. The summed E-state index contributed by atoms with van der Waals surface area (Å²) in [5.41, 5.74) is 2.28. The molecule has 0 unspecified atom stereocenters. The van der Waals surface area contributed by atoms with Crippen LogP contribution < -0.4 is 9.46 Å². The van der Waals surface area contributed by atoms with Crippen molar-refractivity contribution in [3.63, 3.8) is 0 Å². The van der Waals surface area contributed by atoms with E-state index in [1.54, 1.807) is 24.3 Å². The van der Waals surface area contributed by atoms with Gasteiger partial charge in [0.25, 0.3) is 0 Å². The van der Waals surface area contributed by atoms with E-state index >= 15 is 0 Å². The molecule has 25 heavy (non-hydrogen) atoms. The third kappa shape index (κ3) is 3.86. The van der Waals surface area contributed by atoms with Crippen LogP contribution in [0, 0.1) is 0 Å². The zero-order chi connectivity index (χ0) is 17.9. The Hall–Kier alpha value is -2.31. The Morgan fingerprint density at radius 3 is 2.52 bits per heavy atom. The van der Waals surface area contributed by atoms with Crippen LogP contribution in [0.25, 0.3) is 10.9 Å². The molecule has 3 rings (SSSR count). The predicted octanol–water partition coefficient (Wildman–Crippen LogP) is 3.10. The van der Waals surface area contributed by atoms with Gasteiger partial charge in [0.05, 0.1) is 11.5 Å². The number of fused-ring (bicyclic) bond motifs is 1. The number of benzene rings is 2. The Kier molecular flexibility index (Phi) is 5.11. The Morgan fingerprint density at radius 2 is 1.80 bits per heavy atom. The molecule has 1 aromatic heterocycles. The van der Waals surface area contributed by atoms with Crippen LogP contribution in [-0.2, 0) is 23.5 Å². The van der Waals surface area contributed by atoms with Gasteiger partial charge in [-0.3, -0.25) is 0 Å². The summed E-state index contributed by atoms with van der Waals surface area (Å²) in [5.74, 6) is 0.664. The highest BCUT2D eigenvalue weighted by atomic mass is 32.2. The average Bonchev–Trinajstić information content (AvgIpc) is 2.92. The highest BCUT2D eigenvalue weighted by Gasteiger charge is 2.14. The maximum absolute atomic E-state index is 12.4. The molecule has 132 valence electrons. The maximum Gasteiger partial charge on any atom is 0.240 e. The predicted molar refractivity (Wildman–Crippen MR) is 99.4 cm³/mol. The van der Waals surface area contributed by atoms with Gasteiger partial charge in [-0.05, 0) is 49.2 Å². The summed E-state index contributed by atoms with van der Waals surface area (Å²) in [6.45, 7) is 2.79. The van der Waals surface area contributed by atoms with Crippen molar-refractivity contribution in [2.45, 2.75) is 18.2 Å². The molecule has 3 aromatic rings. The Balaban J connectivity index is 1.67. The number of sulfonamides is 1. The molecule has 1 heterocycles. The summed E-state index contributed by atoms with van der Waals surface area (Å²) in [6.07, 6.45) is 2.69. The van der Waals surface area contributed by atoms with Crippen molar-refractivity contribution in [3.8, 4) is 5.75 Å². The first-order chi connectivity index (χ1) is 12.0. The van der Waals surface area contributed by atoms with Crippen LogP contribution in [0.5, 0.6) is 5.75 Å². The lowest BCUT2D eigenvalue weighted by Crippen LogP contribution is -2.25. The number of para-hydroxylation sites is 1. The van der Waals surface area contributed by atoms with Crippen molar-refractivity contribution in [1.82, 2.24) is 9.29 Å². The van der Waals surface area contributed by atoms with E-state index in [0.29, 0.717) is 25.3 Å². The largest absolute Gasteiger partial charge is 0.494 e. The van der Waals surface area contributed by atoms with Crippen LogP contribution in [0.3, 0.4) is 0 Å². The van der Waals surface area contributed by atoms with Crippen molar-refractivity contribution in [3.05, 3.63) is 60.3 Å². The molecule has 0 amide bonds. The molecule has 0 fully saturated rings. The highest BCUT2D eigenvalue weighted by Crippen LogP contribution is 2.21. The molecule has 0 radical (unpaired) electrons. The first-order valence-corrected chi connectivity index (χ1v) is 9.75. The monoisotopic (exact) mass is 358 g/mol. The molecular formula is C19H22N2O3S. The van der Waals surface area contributed by atoms with E-state index in [0.717, 1.165) is 16.5 Å². The lowest BCUT2D eigenvalue weighted by molar-refractivity contribution is 0.340. The molecule has 0 spiro atoms. The summed E-state index contributed by atoms with van der Waals surface area (Å²) >= 11 is 0. The second-order valence-corrected chi connectivity index (χ2v) is 7.60. The summed E-state index contributed by atoms with van der Waals surface area (Å²) in [5, 5.41) is 1.16. The number of ether oxygens (including phenoxy) is 1. The molecule has 0 bridgehead atoms. The summed E-state index contributed by atoms with van der Waals surface area (Å²) in [6, 6.07) is 14.6. The highest BCUT2D eigenvalue weighted by molar-refractivity contribution is 7.89. The van der Waals surface area contributed by atoms with Gasteiger partial charge in [-0.1, -0.05) is 18.2 Å². The molecule has 0 saturated carbocycles. The van der Waals surface area contributed by atoms with Gasteiger partial charge in [0, 0.05) is 30.7 Å². The molecule has 0 saturated heterocycles. The SMILES string of the molecule is CCOc1ccc(S(=O)(=O)NCCc2cn(C)c3ccccc23)cc1. The van der Waals surface area contributed by atoms with Crippen LogP contribution in [0.15, 0.2) is 59.6 Å². The van der Waals surface area contributed by atoms with Gasteiger partial charge in [0.2, 0.25) is 10.0 Å². The van der Waals surface area contributed by atoms with Gasteiger partial charge in [-0.15, -0.1) is 0 Å². The van der Waals surface area contributed by atoms with Gasteiger partial charge in [-0.2, -0.15) is 0 Å². The lowest BCUT2D eigenvalue weighted by atomic mass is 10.1. The number of aryl methyl sites for hydroxylation is 1. The number of aromatic nitrogens is 1. The molecule has 2 aromatic carbocycles. The van der Waals surface area contributed by atoms with Crippen molar-refractivity contribution in [2.24, 2.45) is 7.05 Å². The van der Waals surface area contributed by atoms with E-state index in [4.69, 9.17) is 4.74 Å². The smallest absolute Gasteiger partial charge is 0.240 e. The molecule has 5 nitrogen and oxygen atoms in total. The number of hydrogen-bond donors (Lipinski definition) is 1. The van der Waals surface area contributed by atoms with Crippen LogP contribution in [0.1, 0.15) is 12.5 Å². The number of rotatable bonds is 7. The molecule has 0 aliphatic heterocycles. The molecule has 0 aliphatic carbocycles. The topological polar surface area (TPSA) is 60.3 Å². The van der Waals surface area contributed by atoms with Crippen molar-refractivity contribution >= 4 is 20.9 Å². The molecule has 0 aliphatic rings.